The van der Waals surface area contributed by atoms with E-state index in [2.05, 4.69) is 46.0 Å². The molecule has 0 aliphatic rings. The van der Waals surface area contributed by atoms with Crippen LogP contribution in [0, 0.1) is 6.92 Å². The van der Waals surface area contributed by atoms with Crippen LogP contribution < -0.4 is 0 Å². The number of amides is 1. The second-order valence-corrected chi connectivity index (χ2v) is 8.47. The van der Waals surface area contributed by atoms with Gasteiger partial charge in [-0.05, 0) is 36.8 Å². The molecular weight excluding hydrogens is 404 g/mol. The van der Waals surface area contributed by atoms with Crippen molar-refractivity contribution in [2.24, 2.45) is 0 Å². The summed E-state index contributed by atoms with van der Waals surface area (Å²) in [6, 6.07) is 26.2. The van der Waals surface area contributed by atoms with Crippen LogP contribution in [0.2, 0.25) is 0 Å². The minimum absolute atomic E-state index is 0.000959. The van der Waals surface area contributed by atoms with Crippen LogP contribution in [-0.4, -0.2) is 39.7 Å². The largest absolute Gasteiger partial charge is 0.345 e. The zero-order valence-corrected chi connectivity index (χ0v) is 18.6. The molecule has 6 heteroatoms. The van der Waals surface area contributed by atoms with Crippen molar-refractivity contribution in [3.05, 3.63) is 95.6 Å². The summed E-state index contributed by atoms with van der Waals surface area (Å²) in [6.45, 7) is 2.08. The van der Waals surface area contributed by atoms with Crippen LogP contribution in [0.5, 0.6) is 0 Å². The maximum absolute atomic E-state index is 12.3. The number of thioether (sulfide) groups is 1. The number of benzene rings is 3. The predicted molar refractivity (Wildman–Crippen MR) is 126 cm³/mol. The number of hydrogen-bond acceptors (Lipinski definition) is 4. The van der Waals surface area contributed by atoms with Crippen LogP contribution in [0.3, 0.4) is 0 Å². The van der Waals surface area contributed by atoms with E-state index in [-0.39, 0.29) is 5.91 Å². The molecule has 1 heterocycles. The topological polar surface area (TPSA) is 51.0 Å². The Labute approximate surface area is 186 Å². The first-order chi connectivity index (χ1) is 15.0. The highest BCUT2D eigenvalue weighted by atomic mass is 32.2. The smallest absolute Gasteiger partial charge is 0.253 e. The van der Waals surface area contributed by atoms with Crippen molar-refractivity contribution in [1.29, 1.82) is 0 Å². The fourth-order valence-electron chi connectivity index (χ4n) is 3.26. The molecule has 0 atom stereocenters. The van der Waals surface area contributed by atoms with Gasteiger partial charge in [0.2, 0.25) is 0 Å². The van der Waals surface area contributed by atoms with Crippen molar-refractivity contribution in [2.75, 3.05) is 14.1 Å². The van der Waals surface area contributed by atoms with Crippen LogP contribution in [0.1, 0.15) is 21.5 Å². The number of carbonyl (C=O) groups excluding carboxylic acids is 1. The van der Waals surface area contributed by atoms with E-state index in [9.17, 15) is 4.79 Å². The zero-order chi connectivity index (χ0) is 21.8. The molecule has 3 aromatic carbocycles. The van der Waals surface area contributed by atoms with E-state index >= 15 is 0 Å². The van der Waals surface area contributed by atoms with Crippen molar-refractivity contribution < 1.29 is 4.79 Å². The molecule has 0 N–H and O–H groups in total. The summed E-state index contributed by atoms with van der Waals surface area (Å²) >= 11 is 1.61. The third kappa shape index (κ3) is 4.70. The Morgan fingerprint density at radius 1 is 0.935 bits per heavy atom. The molecule has 5 nitrogen and oxygen atoms in total. The fraction of sp³-hybridized carbons (Fsp3) is 0.160. The van der Waals surface area contributed by atoms with E-state index in [0.717, 1.165) is 27.8 Å². The van der Waals surface area contributed by atoms with E-state index in [4.69, 9.17) is 0 Å². The van der Waals surface area contributed by atoms with Gasteiger partial charge >= 0.3 is 0 Å². The Bertz CT molecular complexity index is 1180. The van der Waals surface area contributed by atoms with Crippen LogP contribution in [0.25, 0.3) is 17.1 Å². The van der Waals surface area contributed by atoms with Gasteiger partial charge in [0, 0.05) is 36.7 Å². The maximum Gasteiger partial charge on any atom is 0.253 e. The molecule has 0 aliphatic carbocycles. The van der Waals surface area contributed by atoms with Crippen molar-refractivity contribution >= 4 is 17.7 Å². The average Bonchev–Trinajstić information content (AvgIpc) is 3.22. The van der Waals surface area contributed by atoms with Crippen LogP contribution in [-0.2, 0) is 5.75 Å². The molecule has 0 radical (unpaired) electrons. The number of rotatable bonds is 6. The van der Waals surface area contributed by atoms with E-state index in [1.54, 1.807) is 30.8 Å². The highest BCUT2D eigenvalue weighted by molar-refractivity contribution is 7.98. The summed E-state index contributed by atoms with van der Waals surface area (Å²) in [6.07, 6.45) is 0. The summed E-state index contributed by atoms with van der Waals surface area (Å²) in [5.41, 5.74) is 5.00. The first-order valence-corrected chi connectivity index (χ1v) is 11.0. The molecule has 1 amide bonds. The van der Waals surface area contributed by atoms with Gasteiger partial charge in [0.1, 0.15) is 0 Å². The molecule has 0 fully saturated rings. The van der Waals surface area contributed by atoms with Crippen molar-refractivity contribution in [3.63, 3.8) is 0 Å². The molecule has 1 aromatic heterocycles. The summed E-state index contributed by atoms with van der Waals surface area (Å²) < 4.78 is 2.09. The van der Waals surface area contributed by atoms with E-state index < -0.39 is 0 Å². The predicted octanol–water partition coefficient (Wildman–Crippen LogP) is 5.24. The lowest BCUT2D eigenvalue weighted by atomic mass is 10.1. The van der Waals surface area contributed by atoms with Crippen LogP contribution in [0.15, 0.2) is 84.0 Å². The molecule has 0 unspecified atom stereocenters. The lowest BCUT2D eigenvalue weighted by molar-refractivity contribution is 0.0827. The number of aromatic nitrogens is 3. The molecule has 4 aromatic rings. The summed E-state index contributed by atoms with van der Waals surface area (Å²) in [4.78, 5) is 13.9. The minimum Gasteiger partial charge on any atom is -0.345 e. The fourth-order valence-corrected chi connectivity index (χ4v) is 4.16. The van der Waals surface area contributed by atoms with Crippen molar-refractivity contribution in [1.82, 2.24) is 19.7 Å². The van der Waals surface area contributed by atoms with Gasteiger partial charge in [0.15, 0.2) is 11.0 Å². The van der Waals surface area contributed by atoms with E-state index in [0.29, 0.717) is 11.3 Å². The van der Waals surface area contributed by atoms with Gasteiger partial charge in [-0.1, -0.05) is 71.9 Å². The van der Waals surface area contributed by atoms with Gasteiger partial charge in [-0.2, -0.15) is 0 Å². The number of nitrogens with zero attached hydrogens (tertiary/aromatic N) is 4. The maximum atomic E-state index is 12.3. The summed E-state index contributed by atoms with van der Waals surface area (Å²) in [7, 11) is 3.53. The second-order valence-electron chi connectivity index (χ2n) is 7.53. The van der Waals surface area contributed by atoms with Crippen LogP contribution in [0.4, 0.5) is 0 Å². The summed E-state index contributed by atoms with van der Waals surface area (Å²) in [5.74, 6) is 1.50. The second kappa shape index (κ2) is 9.18. The lowest BCUT2D eigenvalue weighted by Crippen LogP contribution is -2.21. The standard InChI is InChI=1S/C25H24N4OS/c1-18-12-14-22(15-13-18)29-23(20-9-5-4-6-10-20)26-27-25(29)31-17-19-8-7-11-21(16-19)24(30)28(2)3/h4-16H,17H2,1-3H3. The van der Waals surface area contributed by atoms with Crippen molar-refractivity contribution in [2.45, 2.75) is 17.8 Å². The average molecular weight is 429 g/mol. The lowest BCUT2D eigenvalue weighted by Gasteiger charge is -2.12. The number of aryl methyl sites for hydroxylation is 1. The molecule has 0 spiro atoms. The Kier molecular flexibility index (Phi) is 6.18. The van der Waals surface area contributed by atoms with E-state index in [1.165, 1.54) is 5.56 Å². The molecule has 0 aliphatic heterocycles. The SMILES string of the molecule is Cc1ccc(-n2c(SCc3cccc(C(=O)N(C)C)c3)nnc2-c2ccccc2)cc1. The normalized spacial score (nSPS) is 10.8. The van der Waals surface area contributed by atoms with Gasteiger partial charge in [0.25, 0.3) is 5.91 Å². The molecule has 156 valence electrons. The number of carbonyl (C=O) groups is 1. The minimum atomic E-state index is 0.000959. The van der Waals surface area contributed by atoms with Gasteiger partial charge in [-0.3, -0.25) is 9.36 Å². The Hall–Kier alpha value is -3.38. The highest BCUT2D eigenvalue weighted by Crippen LogP contribution is 2.30. The molecule has 0 saturated carbocycles. The van der Waals surface area contributed by atoms with Gasteiger partial charge < -0.3 is 4.90 Å². The third-order valence-corrected chi connectivity index (χ3v) is 5.91. The molecule has 31 heavy (non-hydrogen) atoms. The quantitative estimate of drug-likeness (QED) is 0.394. The first-order valence-electron chi connectivity index (χ1n) is 10.0. The molecular formula is C25H24N4OS. The van der Waals surface area contributed by atoms with Gasteiger partial charge in [-0.25, -0.2) is 0 Å². The van der Waals surface area contributed by atoms with Crippen molar-refractivity contribution in [3.8, 4) is 17.1 Å². The number of hydrogen-bond donors (Lipinski definition) is 0. The van der Waals surface area contributed by atoms with Crippen LogP contribution >= 0.6 is 11.8 Å². The summed E-state index contributed by atoms with van der Waals surface area (Å²) in [5, 5.41) is 9.80. The molecule has 4 rings (SSSR count). The Balaban J connectivity index is 1.66. The third-order valence-electron chi connectivity index (χ3n) is 4.91. The Morgan fingerprint density at radius 3 is 2.39 bits per heavy atom. The highest BCUT2D eigenvalue weighted by Gasteiger charge is 2.16. The Morgan fingerprint density at radius 2 is 1.68 bits per heavy atom. The van der Waals surface area contributed by atoms with Gasteiger partial charge in [0.05, 0.1) is 0 Å². The van der Waals surface area contributed by atoms with Gasteiger partial charge in [-0.15, -0.1) is 10.2 Å². The zero-order valence-electron chi connectivity index (χ0n) is 17.8. The monoisotopic (exact) mass is 428 g/mol. The molecule has 0 saturated heterocycles. The molecule has 0 bridgehead atoms. The first kappa shape index (κ1) is 20.9. The van der Waals surface area contributed by atoms with E-state index in [1.807, 2.05) is 54.6 Å².